The van der Waals surface area contributed by atoms with Crippen LogP contribution >= 0.6 is 0 Å². The molecule has 0 saturated heterocycles. The molecule has 24 heavy (non-hydrogen) atoms. The van der Waals surface area contributed by atoms with Crippen molar-refractivity contribution in [2.75, 3.05) is 0 Å². The first kappa shape index (κ1) is 16.2. The van der Waals surface area contributed by atoms with Crippen LogP contribution < -0.4 is 5.32 Å². The Morgan fingerprint density at radius 1 is 1.21 bits per heavy atom. The predicted molar refractivity (Wildman–Crippen MR) is 89.1 cm³/mol. The number of hydrogen-bond donors (Lipinski definition) is 2. The Bertz CT molecular complexity index is 808. The smallest absolute Gasteiger partial charge is 0.287 e. The molecule has 1 heterocycles. The summed E-state index contributed by atoms with van der Waals surface area (Å²) in [5.74, 6) is -0.443. The van der Waals surface area contributed by atoms with Gasteiger partial charge in [-0.1, -0.05) is 30.3 Å². The molecule has 0 fully saturated rings. The maximum Gasteiger partial charge on any atom is 0.287 e. The quantitative estimate of drug-likeness (QED) is 0.749. The van der Waals surface area contributed by atoms with Gasteiger partial charge in [-0.05, 0) is 43.2 Å². The standard InChI is InChI=1S/C19H18FNO3/c1-12(10-16(22)13-6-8-15(20)9-7-13)21-19(23)18-11-14-4-2-3-5-17(14)24-18/h2-9,11-12,16,22H,10H2,1H3,(H,21,23). The summed E-state index contributed by atoms with van der Waals surface area (Å²) < 4.78 is 18.4. The summed E-state index contributed by atoms with van der Waals surface area (Å²) >= 11 is 0. The van der Waals surface area contributed by atoms with Gasteiger partial charge in [0.1, 0.15) is 11.4 Å². The summed E-state index contributed by atoms with van der Waals surface area (Å²) in [5.41, 5.74) is 1.27. The summed E-state index contributed by atoms with van der Waals surface area (Å²) in [6.07, 6.45) is -0.464. The average molecular weight is 327 g/mol. The molecule has 1 aromatic heterocycles. The van der Waals surface area contributed by atoms with Crippen LogP contribution in [-0.4, -0.2) is 17.1 Å². The van der Waals surface area contributed by atoms with E-state index in [0.717, 1.165) is 5.39 Å². The molecule has 4 nitrogen and oxygen atoms in total. The van der Waals surface area contributed by atoms with E-state index >= 15 is 0 Å². The van der Waals surface area contributed by atoms with Gasteiger partial charge in [-0.25, -0.2) is 4.39 Å². The number of carbonyl (C=O) groups excluding carboxylic acids is 1. The molecule has 0 radical (unpaired) electrons. The number of halogens is 1. The fourth-order valence-electron chi connectivity index (χ4n) is 2.60. The number of fused-ring (bicyclic) bond motifs is 1. The van der Waals surface area contributed by atoms with E-state index in [1.165, 1.54) is 24.3 Å². The molecule has 0 aliphatic heterocycles. The molecule has 0 bridgehead atoms. The lowest BCUT2D eigenvalue weighted by atomic mass is 10.0. The van der Waals surface area contributed by atoms with E-state index in [2.05, 4.69) is 5.32 Å². The highest BCUT2D eigenvalue weighted by atomic mass is 19.1. The fraction of sp³-hybridized carbons (Fsp3) is 0.211. The van der Waals surface area contributed by atoms with Gasteiger partial charge < -0.3 is 14.8 Å². The Labute approximate surface area is 138 Å². The van der Waals surface area contributed by atoms with Gasteiger partial charge in [-0.3, -0.25) is 4.79 Å². The van der Waals surface area contributed by atoms with Gasteiger partial charge in [0.25, 0.3) is 5.91 Å². The van der Waals surface area contributed by atoms with Gasteiger partial charge in [-0.15, -0.1) is 0 Å². The van der Waals surface area contributed by atoms with Crippen molar-refractivity contribution < 1.29 is 18.7 Å². The SMILES string of the molecule is CC(CC(O)c1ccc(F)cc1)NC(=O)c1cc2ccccc2o1. The van der Waals surface area contributed by atoms with Gasteiger partial charge in [0.2, 0.25) is 0 Å². The molecule has 2 aromatic carbocycles. The van der Waals surface area contributed by atoms with Gasteiger partial charge >= 0.3 is 0 Å². The maximum atomic E-state index is 12.9. The lowest BCUT2D eigenvalue weighted by molar-refractivity contribution is 0.0891. The molecule has 2 unspecified atom stereocenters. The third-order valence-electron chi connectivity index (χ3n) is 3.86. The Morgan fingerprint density at radius 3 is 2.62 bits per heavy atom. The van der Waals surface area contributed by atoms with E-state index in [1.54, 1.807) is 19.1 Å². The van der Waals surface area contributed by atoms with Gasteiger partial charge in [0.15, 0.2) is 5.76 Å². The summed E-state index contributed by atoms with van der Waals surface area (Å²) in [6, 6.07) is 14.5. The Balaban J connectivity index is 1.62. The van der Waals surface area contributed by atoms with Gasteiger partial charge in [0.05, 0.1) is 6.10 Å². The van der Waals surface area contributed by atoms with Crippen molar-refractivity contribution in [3.8, 4) is 0 Å². The zero-order chi connectivity index (χ0) is 17.1. The highest BCUT2D eigenvalue weighted by Gasteiger charge is 2.18. The van der Waals surface area contributed by atoms with E-state index in [-0.39, 0.29) is 23.5 Å². The lowest BCUT2D eigenvalue weighted by Crippen LogP contribution is -2.33. The maximum absolute atomic E-state index is 12.9. The number of nitrogens with one attached hydrogen (secondary N) is 1. The number of hydrogen-bond acceptors (Lipinski definition) is 3. The number of aliphatic hydroxyl groups is 1. The molecule has 0 saturated carbocycles. The summed E-state index contributed by atoms with van der Waals surface area (Å²) in [5, 5.41) is 13.8. The third kappa shape index (κ3) is 3.63. The third-order valence-corrected chi connectivity index (χ3v) is 3.86. The molecule has 0 aliphatic carbocycles. The van der Waals surface area contributed by atoms with Crippen molar-refractivity contribution in [1.82, 2.24) is 5.32 Å². The number of amides is 1. The van der Waals surface area contributed by atoms with Crippen LogP contribution in [0.2, 0.25) is 0 Å². The molecule has 0 spiro atoms. The van der Waals surface area contributed by atoms with Crippen molar-refractivity contribution in [3.63, 3.8) is 0 Å². The second-order valence-corrected chi connectivity index (χ2v) is 5.83. The molecular weight excluding hydrogens is 309 g/mol. The van der Waals surface area contributed by atoms with Crippen molar-refractivity contribution in [2.24, 2.45) is 0 Å². The van der Waals surface area contributed by atoms with E-state index in [4.69, 9.17) is 4.42 Å². The van der Waals surface area contributed by atoms with Crippen molar-refractivity contribution in [2.45, 2.75) is 25.5 Å². The van der Waals surface area contributed by atoms with E-state index < -0.39 is 6.10 Å². The first-order chi connectivity index (χ1) is 11.5. The topological polar surface area (TPSA) is 62.5 Å². The van der Waals surface area contributed by atoms with Crippen LogP contribution in [-0.2, 0) is 0 Å². The molecule has 1 amide bonds. The monoisotopic (exact) mass is 327 g/mol. The molecule has 2 atom stereocenters. The van der Waals surface area contributed by atoms with E-state index in [0.29, 0.717) is 17.6 Å². The number of carbonyl (C=O) groups is 1. The van der Waals surface area contributed by atoms with Crippen LogP contribution in [0.15, 0.2) is 59.0 Å². The molecule has 0 aliphatic rings. The van der Waals surface area contributed by atoms with Crippen molar-refractivity contribution >= 4 is 16.9 Å². The number of furan rings is 1. The van der Waals surface area contributed by atoms with Gasteiger partial charge in [-0.2, -0.15) is 0 Å². The molecule has 3 rings (SSSR count). The Kier molecular flexibility index (Phi) is 4.62. The number of rotatable bonds is 5. The predicted octanol–water partition coefficient (Wildman–Crippen LogP) is 3.81. The minimum atomic E-state index is -0.781. The number of para-hydroxylation sites is 1. The van der Waals surface area contributed by atoms with Crippen LogP contribution in [0.4, 0.5) is 4.39 Å². The highest BCUT2D eigenvalue weighted by molar-refractivity contribution is 5.96. The van der Waals surface area contributed by atoms with Crippen LogP contribution in [0.25, 0.3) is 11.0 Å². The van der Waals surface area contributed by atoms with Crippen molar-refractivity contribution in [3.05, 3.63) is 71.7 Å². The summed E-state index contributed by atoms with van der Waals surface area (Å²) in [4.78, 5) is 12.3. The van der Waals surface area contributed by atoms with Crippen LogP contribution in [0.3, 0.4) is 0 Å². The van der Waals surface area contributed by atoms with E-state index in [1.807, 2.05) is 18.2 Å². The van der Waals surface area contributed by atoms with Crippen LogP contribution in [0.5, 0.6) is 0 Å². The Hall–Kier alpha value is -2.66. The molecule has 124 valence electrons. The minimum absolute atomic E-state index is 0.235. The van der Waals surface area contributed by atoms with Crippen LogP contribution in [0.1, 0.15) is 35.6 Å². The number of aliphatic hydroxyl groups excluding tert-OH is 1. The zero-order valence-corrected chi connectivity index (χ0v) is 13.2. The first-order valence-corrected chi connectivity index (χ1v) is 7.76. The second kappa shape index (κ2) is 6.84. The van der Waals surface area contributed by atoms with Crippen LogP contribution in [0, 0.1) is 5.82 Å². The minimum Gasteiger partial charge on any atom is -0.451 e. The highest BCUT2D eigenvalue weighted by Crippen LogP contribution is 2.21. The molecule has 5 heteroatoms. The van der Waals surface area contributed by atoms with Crippen molar-refractivity contribution in [1.29, 1.82) is 0 Å². The molecular formula is C19H18FNO3. The summed E-state index contributed by atoms with van der Waals surface area (Å²) in [6.45, 7) is 1.80. The Morgan fingerprint density at radius 2 is 1.92 bits per heavy atom. The fourth-order valence-corrected chi connectivity index (χ4v) is 2.60. The number of benzene rings is 2. The average Bonchev–Trinajstić information content (AvgIpc) is 2.99. The van der Waals surface area contributed by atoms with E-state index in [9.17, 15) is 14.3 Å². The second-order valence-electron chi connectivity index (χ2n) is 5.83. The lowest BCUT2D eigenvalue weighted by Gasteiger charge is -2.17. The largest absolute Gasteiger partial charge is 0.451 e. The summed E-state index contributed by atoms with van der Waals surface area (Å²) in [7, 11) is 0. The molecule has 2 N–H and O–H groups in total. The zero-order valence-electron chi connectivity index (χ0n) is 13.2. The van der Waals surface area contributed by atoms with Gasteiger partial charge in [0, 0.05) is 11.4 Å². The molecule has 3 aromatic rings. The first-order valence-electron chi connectivity index (χ1n) is 7.76. The normalized spacial score (nSPS) is 13.6.